The molecule has 1 N–H and O–H groups in total. The van der Waals surface area contributed by atoms with E-state index in [1.54, 1.807) is 42.5 Å². The molecule has 1 saturated carbocycles. The second-order valence-electron chi connectivity index (χ2n) is 9.02. The Kier molecular flexibility index (Phi) is 9.26. The van der Waals surface area contributed by atoms with Gasteiger partial charge in [-0.3, -0.25) is 13.9 Å². The van der Waals surface area contributed by atoms with Crippen LogP contribution in [-0.2, 0) is 26.2 Å². The smallest absolute Gasteiger partial charge is 0.244 e. The highest BCUT2D eigenvalue weighted by molar-refractivity contribution is 7.92. The molecule has 2 aromatic rings. The van der Waals surface area contributed by atoms with E-state index in [2.05, 4.69) is 5.32 Å². The zero-order valence-electron chi connectivity index (χ0n) is 20.3. The van der Waals surface area contributed by atoms with Crippen LogP contribution in [0.2, 0.25) is 0 Å². The lowest BCUT2D eigenvalue weighted by Gasteiger charge is -2.34. The Morgan fingerprint density at radius 3 is 2.23 bits per heavy atom. The first-order valence-electron chi connectivity index (χ1n) is 12.1. The molecule has 1 atom stereocenters. The van der Waals surface area contributed by atoms with Crippen LogP contribution in [0.5, 0.6) is 0 Å². The molecule has 7 nitrogen and oxygen atoms in total. The van der Waals surface area contributed by atoms with Crippen LogP contribution in [0.1, 0.15) is 51.0 Å². The number of amides is 2. The average molecular weight is 504 g/mol. The van der Waals surface area contributed by atoms with Gasteiger partial charge in [0.1, 0.15) is 18.4 Å². The van der Waals surface area contributed by atoms with Crippen molar-refractivity contribution in [2.24, 2.45) is 0 Å². The molecule has 0 unspecified atom stereocenters. The highest BCUT2D eigenvalue weighted by atomic mass is 32.2. The summed E-state index contributed by atoms with van der Waals surface area (Å²) in [6.45, 7) is 1.43. The van der Waals surface area contributed by atoms with Crippen LogP contribution in [0.25, 0.3) is 0 Å². The quantitative estimate of drug-likeness (QED) is 0.534. The van der Waals surface area contributed by atoms with Crippen molar-refractivity contribution in [3.05, 3.63) is 66.0 Å². The molecule has 0 spiro atoms. The number of benzene rings is 2. The molecular formula is C26H34FN3O4S. The molecule has 0 saturated heterocycles. The first kappa shape index (κ1) is 26.7. The van der Waals surface area contributed by atoms with Crippen LogP contribution >= 0.6 is 0 Å². The molecular weight excluding hydrogens is 469 g/mol. The number of carbonyl (C=O) groups is 2. The number of rotatable bonds is 10. The van der Waals surface area contributed by atoms with Gasteiger partial charge in [-0.15, -0.1) is 0 Å². The summed E-state index contributed by atoms with van der Waals surface area (Å²) < 4.78 is 39.6. The summed E-state index contributed by atoms with van der Waals surface area (Å²) in [5, 5.41) is 3.09. The number of para-hydroxylation sites is 1. The summed E-state index contributed by atoms with van der Waals surface area (Å²) in [5.41, 5.74) is 1.01. The lowest BCUT2D eigenvalue weighted by Crippen LogP contribution is -2.53. The highest BCUT2D eigenvalue weighted by Crippen LogP contribution is 2.21. The van der Waals surface area contributed by atoms with Crippen molar-refractivity contribution >= 4 is 27.5 Å². The summed E-state index contributed by atoms with van der Waals surface area (Å²) in [6.07, 6.45) is 6.48. The normalized spacial score (nSPS) is 15.3. The van der Waals surface area contributed by atoms with E-state index in [1.807, 2.05) is 6.92 Å². The fourth-order valence-electron chi connectivity index (χ4n) is 4.46. The van der Waals surface area contributed by atoms with Crippen molar-refractivity contribution in [2.75, 3.05) is 17.1 Å². The fourth-order valence-corrected chi connectivity index (χ4v) is 5.31. The molecule has 0 bridgehead atoms. The SMILES string of the molecule is CC[C@@H](C(=O)NC1CCCCC1)N(Cc1ccc(F)cc1)C(=O)CN(c1ccccc1)S(C)(=O)=O. The number of halogens is 1. The number of sulfonamides is 1. The van der Waals surface area contributed by atoms with Crippen LogP contribution in [0, 0.1) is 5.82 Å². The molecule has 0 aliphatic heterocycles. The van der Waals surface area contributed by atoms with Crippen LogP contribution in [0.3, 0.4) is 0 Å². The second-order valence-corrected chi connectivity index (χ2v) is 10.9. The van der Waals surface area contributed by atoms with E-state index in [0.29, 0.717) is 17.7 Å². The molecule has 2 aromatic carbocycles. The van der Waals surface area contributed by atoms with Gasteiger partial charge in [-0.2, -0.15) is 0 Å². The predicted molar refractivity (Wildman–Crippen MR) is 135 cm³/mol. The molecule has 1 aliphatic carbocycles. The Labute approximate surface area is 207 Å². The van der Waals surface area contributed by atoms with E-state index >= 15 is 0 Å². The third-order valence-electron chi connectivity index (χ3n) is 6.33. The van der Waals surface area contributed by atoms with Crippen molar-refractivity contribution in [3.8, 4) is 0 Å². The molecule has 0 aromatic heterocycles. The number of hydrogen-bond acceptors (Lipinski definition) is 4. The standard InChI is InChI=1S/C26H34FN3O4S/c1-3-24(26(32)28-22-10-6-4-7-11-22)29(18-20-14-16-21(27)17-15-20)25(31)19-30(35(2,33)34)23-12-8-5-9-13-23/h5,8-9,12-17,22,24H,3-4,6-7,10-11,18-19H2,1-2H3,(H,28,32)/t24-/m0/s1. The second kappa shape index (κ2) is 12.2. The maximum absolute atomic E-state index is 13.6. The Morgan fingerprint density at radius 1 is 1.03 bits per heavy atom. The van der Waals surface area contributed by atoms with Crippen molar-refractivity contribution in [1.29, 1.82) is 0 Å². The molecule has 9 heteroatoms. The van der Waals surface area contributed by atoms with Crippen molar-refractivity contribution in [1.82, 2.24) is 10.2 Å². The summed E-state index contributed by atoms with van der Waals surface area (Å²) in [7, 11) is -3.76. The van der Waals surface area contributed by atoms with Gasteiger partial charge in [0, 0.05) is 12.6 Å². The summed E-state index contributed by atoms with van der Waals surface area (Å²) >= 11 is 0. The number of carbonyl (C=O) groups excluding carboxylic acids is 2. The van der Waals surface area contributed by atoms with Gasteiger partial charge in [0.05, 0.1) is 11.9 Å². The average Bonchev–Trinajstić information content (AvgIpc) is 2.84. The number of nitrogens with one attached hydrogen (secondary N) is 1. The minimum absolute atomic E-state index is 0.0576. The molecule has 1 fully saturated rings. The summed E-state index contributed by atoms with van der Waals surface area (Å²) in [4.78, 5) is 28.3. The zero-order chi connectivity index (χ0) is 25.4. The summed E-state index contributed by atoms with van der Waals surface area (Å²) in [5.74, 6) is -1.16. The maximum Gasteiger partial charge on any atom is 0.244 e. The van der Waals surface area contributed by atoms with E-state index in [1.165, 1.54) is 17.0 Å². The van der Waals surface area contributed by atoms with Gasteiger partial charge in [-0.1, -0.05) is 56.5 Å². The van der Waals surface area contributed by atoms with Crippen molar-refractivity contribution in [2.45, 2.75) is 64.1 Å². The first-order chi connectivity index (χ1) is 16.7. The Bertz CT molecular complexity index is 1090. The highest BCUT2D eigenvalue weighted by Gasteiger charge is 2.32. The van der Waals surface area contributed by atoms with E-state index in [0.717, 1.165) is 42.7 Å². The predicted octanol–water partition coefficient (Wildman–Crippen LogP) is 3.85. The van der Waals surface area contributed by atoms with Crippen LogP contribution in [-0.4, -0.2) is 50.0 Å². The monoisotopic (exact) mass is 503 g/mol. The van der Waals surface area contributed by atoms with Gasteiger partial charge in [0.2, 0.25) is 21.8 Å². The Morgan fingerprint density at radius 2 is 1.66 bits per heavy atom. The van der Waals surface area contributed by atoms with Crippen molar-refractivity contribution < 1.29 is 22.4 Å². The Hall–Kier alpha value is -2.94. The zero-order valence-corrected chi connectivity index (χ0v) is 21.1. The number of hydrogen-bond donors (Lipinski definition) is 1. The molecule has 190 valence electrons. The lowest BCUT2D eigenvalue weighted by molar-refractivity contribution is -0.140. The van der Waals surface area contributed by atoms with Gasteiger partial charge >= 0.3 is 0 Å². The van der Waals surface area contributed by atoms with E-state index in [9.17, 15) is 22.4 Å². The minimum atomic E-state index is -3.76. The van der Waals surface area contributed by atoms with E-state index < -0.39 is 34.3 Å². The molecule has 0 heterocycles. The van der Waals surface area contributed by atoms with Crippen LogP contribution < -0.4 is 9.62 Å². The van der Waals surface area contributed by atoms with Gasteiger partial charge in [-0.25, -0.2) is 12.8 Å². The maximum atomic E-state index is 13.6. The van der Waals surface area contributed by atoms with Gasteiger partial charge in [0.15, 0.2) is 0 Å². The third-order valence-corrected chi connectivity index (χ3v) is 7.47. The Balaban J connectivity index is 1.88. The topological polar surface area (TPSA) is 86.8 Å². The largest absolute Gasteiger partial charge is 0.352 e. The van der Waals surface area contributed by atoms with E-state index in [4.69, 9.17) is 0 Å². The van der Waals surface area contributed by atoms with Gasteiger partial charge in [-0.05, 0) is 49.1 Å². The molecule has 1 aliphatic rings. The third kappa shape index (κ3) is 7.52. The molecule has 2 amide bonds. The number of nitrogens with zero attached hydrogens (tertiary/aromatic N) is 2. The number of anilines is 1. The first-order valence-corrected chi connectivity index (χ1v) is 13.9. The molecule has 0 radical (unpaired) electrons. The lowest BCUT2D eigenvalue weighted by atomic mass is 9.95. The van der Waals surface area contributed by atoms with Crippen molar-refractivity contribution in [3.63, 3.8) is 0 Å². The van der Waals surface area contributed by atoms with Gasteiger partial charge < -0.3 is 10.2 Å². The van der Waals surface area contributed by atoms with Crippen LogP contribution in [0.15, 0.2) is 54.6 Å². The molecule has 35 heavy (non-hydrogen) atoms. The van der Waals surface area contributed by atoms with Crippen LogP contribution in [0.4, 0.5) is 10.1 Å². The van der Waals surface area contributed by atoms with Gasteiger partial charge in [0.25, 0.3) is 0 Å². The van der Waals surface area contributed by atoms with E-state index in [-0.39, 0.29) is 18.5 Å². The fraction of sp³-hybridized carbons (Fsp3) is 0.462. The molecule has 3 rings (SSSR count). The minimum Gasteiger partial charge on any atom is -0.352 e. The summed E-state index contributed by atoms with van der Waals surface area (Å²) in [6, 6.07) is 13.4.